The molecule has 184 valence electrons. The minimum Gasteiger partial charge on any atom is -0.493 e. The number of amides is 1. The Morgan fingerprint density at radius 3 is 2.65 bits per heavy atom. The van der Waals surface area contributed by atoms with Crippen molar-refractivity contribution in [3.05, 3.63) is 99.2 Å². The van der Waals surface area contributed by atoms with Crippen LogP contribution in [0.1, 0.15) is 22.3 Å². The van der Waals surface area contributed by atoms with Gasteiger partial charge in [0.25, 0.3) is 5.91 Å². The summed E-state index contributed by atoms with van der Waals surface area (Å²) in [7, 11) is 1.51. The molecule has 3 aromatic carbocycles. The number of nitrogens with one attached hydrogen (secondary N) is 2. The van der Waals surface area contributed by atoms with Crippen molar-refractivity contribution in [3.63, 3.8) is 0 Å². The van der Waals surface area contributed by atoms with Gasteiger partial charge in [-0.1, -0.05) is 52.3 Å². The number of fused-ring (bicyclic) bond motifs is 1. The number of H-pyrrole nitrogens is 1. The zero-order valence-corrected chi connectivity index (χ0v) is 21.6. The number of methoxy groups -OCH3 is 1. The van der Waals surface area contributed by atoms with Crippen LogP contribution in [0.25, 0.3) is 17.0 Å². The molecule has 0 saturated heterocycles. The van der Waals surface area contributed by atoms with Crippen LogP contribution in [-0.2, 0) is 17.8 Å². The molecule has 0 unspecified atom stereocenters. The van der Waals surface area contributed by atoms with E-state index < -0.39 is 5.91 Å². The number of halogens is 1. The number of aromatic amines is 1. The molecule has 0 atom stereocenters. The fourth-order valence-corrected chi connectivity index (χ4v) is 4.33. The Kier molecular flexibility index (Phi) is 8.25. The number of para-hydroxylation sites is 1. The van der Waals surface area contributed by atoms with Gasteiger partial charge in [0, 0.05) is 33.7 Å². The van der Waals surface area contributed by atoms with Crippen molar-refractivity contribution >= 4 is 38.8 Å². The lowest BCUT2D eigenvalue weighted by Gasteiger charge is -2.13. The molecule has 0 aliphatic carbocycles. The molecular formula is C29H23BrN4O3. The Bertz CT molecular complexity index is 1560. The first-order valence-electron chi connectivity index (χ1n) is 11.5. The van der Waals surface area contributed by atoms with Crippen molar-refractivity contribution in [2.75, 3.05) is 13.7 Å². The number of carbonyl (C=O) groups excluding carboxylic acids is 1. The van der Waals surface area contributed by atoms with Crippen molar-refractivity contribution in [2.45, 2.75) is 13.0 Å². The average Bonchev–Trinajstić information content (AvgIpc) is 3.34. The number of nitriles is 2. The quantitative estimate of drug-likeness (QED) is 0.205. The predicted octanol–water partition coefficient (Wildman–Crippen LogP) is 5.66. The minimum atomic E-state index is -0.457. The van der Waals surface area contributed by atoms with E-state index in [9.17, 15) is 15.3 Å². The largest absolute Gasteiger partial charge is 0.493 e. The molecule has 0 saturated carbocycles. The summed E-state index contributed by atoms with van der Waals surface area (Å²) in [6.07, 6.45) is 4.07. The molecule has 0 radical (unpaired) electrons. The fourth-order valence-electron chi connectivity index (χ4n) is 3.89. The van der Waals surface area contributed by atoms with Crippen LogP contribution in [0.5, 0.6) is 11.5 Å². The van der Waals surface area contributed by atoms with Gasteiger partial charge >= 0.3 is 0 Å². The van der Waals surface area contributed by atoms with Gasteiger partial charge in [-0.2, -0.15) is 10.5 Å². The Morgan fingerprint density at radius 1 is 1.08 bits per heavy atom. The molecule has 0 aliphatic rings. The number of aromatic nitrogens is 1. The summed E-state index contributed by atoms with van der Waals surface area (Å²) >= 11 is 3.50. The maximum Gasteiger partial charge on any atom is 0.261 e. The summed E-state index contributed by atoms with van der Waals surface area (Å²) in [6.45, 7) is 0.575. The highest BCUT2D eigenvalue weighted by Crippen LogP contribution is 2.35. The van der Waals surface area contributed by atoms with Gasteiger partial charge in [-0.3, -0.25) is 4.79 Å². The third kappa shape index (κ3) is 6.00. The van der Waals surface area contributed by atoms with Crippen molar-refractivity contribution in [3.8, 4) is 23.6 Å². The normalized spacial score (nSPS) is 11.0. The molecule has 1 heterocycles. The van der Waals surface area contributed by atoms with Gasteiger partial charge in [-0.05, 0) is 47.9 Å². The molecule has 4 rings (SSSR count). The van der Waals surface area contributed by atoms with Crippen molar-refractivity contribution in [1.29, 1.82) is 10.5 Å². The zero-order chi connectivity index (χ0) is 26.2. The van der Waals surface area contributed by atoms with E-state index >= 15 is 0 Å². The number of ether oxygens (including phenoxy) is 2. The van der Waals surface area contributed by atoms with E-state index in [1.807, 2.05) is 48.7 Å². The molecule has 2 N–H and O–H groups in total. The van der Waals surface area contributed by atoms with Crippen molar-refractivity contribution < 1.29 is 14.3 Å². The number of hydrogen-bond donors (Lipinski definition) is 2. The monoisotopic (exact) mass is 554 g/mol. The lowest BCUT2D eigenvalue weighted by atomic mass is 10.1. The van der Waals surface area contributed by atoms with Crippen LogP contribution in [0.4, 0.5) is 0 Å². The topological polar surface area (TPSA) is 111 Å². The van der Waals surface area contributed by atoms with E-state index in [1.54, 1.807) is 24.3 Å². The van der Waals surface area contributed by atoms with Crippen LogP contribution >= 0.6 is 15.9 Å². The van der Waals surface area contributed by atoms with E-state index in [2.05, 4.69) is 32.3 Å². The number of rotatable bonds is 9. The lowest BCUT2D eigenvalue weighted by Crippen LogP contribution is -2.26. The van der Waals surface area contributed by atoms with Crippen LogP contribution in [0.15, 0.2) is 76.9 Å². The minimum absolute atomic E-state index is 0.0294. The fraction of sp³-hybridized carbons (Fsp3) is 0.138. The highest BCUT2D eigenvalue weighted by atomic mass is 79.9. The maximum absolute atomic E-state index is 12.7. The van der Waals surface area contributed by atoms with Crippen LogP contribution in [0.2, 0.25) is 0 Å². The second-order valence-electron chi connectivity index (χ2n) is 8.12. The van der Waals surface area contributed by atoms with Crippen LogP contribution < -0.4 is 14.8 Å². The van der Waals surface area contributed by atoms with E-state index in [4.69, 9.17) is 9.47 Å². The molecule has 1 aromatic heterocycles. The summed E-state index contributed by atoms with van der Waals surface area (Å²) in [4.78, 5) is 15.9. The van der Waals surface area contributed by atoms with E-state index in [1.165, 1.54) is 13.2 Å². The second kappa shape index (κ2) is 11.9. The van der Waals surface area contributed by atoms with Crippen molar-refractivity contribution in [2.24, 2.45) is 0 Å². The van der Waals surface area contributed by atoms with E-state index in [0.717, 1.165) is 22.0 Å². The molecule has 0 bridgehead atoms. The summed E-state index contributed by atoms with van der Waals surface area (Å²) in [5.74, 6) is 0.434. The van der Waals surface area contributed by atoms with Crippen LogP contribution in [0.3, 0.4) is 0 Å². The number of benzene rings is 3. The van der Waals surface area contributed by atoms with E-state index in [-0.39, 0.29) is 12.2 Å². The second-order valence-corrected chi connectivity index (χ2v) is 8.97. The third-order valence-corrected chi connectivity index (χ3v) is 6.51. The Morgan fingerprint density at radius 2 is 1.86 bits per heavy atom. The smallest absolute Gasteiger partial charge is 0.261 e. The van der Waals surface area contributed by atoms with Gasteiger partial charge in [0.2, 0.25) is 0 Å². The zero-order valence-electron chi connectivity index (χ0n) is 20.0. The first-order valence-corrected chi connectivity index (χ1v) is 12.3. The Balaban J connectivity index is 1.45. The standard InChI is InChI=1S/C29H23BrN4O3/c1-36-27-13-22(25(30)14-28(27)37-18-21-7-3-2-6-19(21)15-31)12-23(16-32)29(35)33-11-10-20-17-34-26-9-5-4-8-24(20)26/h2-9,12-14,17,34H,10-11,18H2,1H3,(H,33,35)/b23-12-. The number of hydrogen-bond acceptors (Lipinski definition) is 5. The van der Waals surface area contributed by atoms with Crippen LogP contribution in [-0.4, -0.2) is 24.5 Å². The number of nitrogens with zero attached hydrogens (tertiary/aromatic N) is 2. The first-order chi connectivity index (χ1) is 18.0. The van der Waals surface area contributed by atoms with Gasteiger partial charge in [0.15, 0.2) is 11.5 Å². The Labute approximate surface area is 223 Å². The van der Waals surface area contributed by atoms with E-state index in [0.29, 0.717) is 40.1 Å². The summed E-state index contributed by atoms with van der Waals surface area (Å²) in [5, 5.41) is 22.9. The first kappa shape index (κ1) is 25.6. The van der Waals surface area contributed by atoms with Gasteiger partial charge in [-0.25, -0.2) is 0 Å². The highest BCUT2D eigenvalue weighted by molar-refractivity contribution is 9.10. The molecule has 4 aromatic rings. The third-order valence-electron chi connectivity index (χ3n) is 5.82. The van der Waals surface area contributed by atoms with Gasteiger partial charge in [0.1, 0.15) is 18.2 Å². The molecule has 0 spiro atoms. The number of carbonyl (C=O) groups is 1. The predicted molar refractivity (Wildman–Crippen MR) is 145 cm³/mol. The van der Waals surface area contributed by atoms with Gasteiger partial charge in [-0.15, -0.1) is 0 Å². The molecule has 7 nitrogen and oxygen atoms in total. The Hall–Kier alpha value is -4.53. The molecule has 0 fully saturated rings. The average molecular weight is 555 g/mol. The molecule has 0 aliphatic heterocycles. The summed E-state index contributed by atoms with van der Waals surface area (Å²) < 4.78 is 12.0. The SMILES string of the molecule is COc1cc(/C=C(/C#N)C(=O)NCCc2c[nH]c3ccccc23)c(Br)cc1OCc1ccccc1C#N. The molecule has 8 heteroatoms. The van der Waals surface area contributed by atoms with Gasteiger partial charge in [0.05, 0.1) is 18.7 Å². The highest BCUT2D eigenvalue weighted by Gasteiger charge is 2.14. The molecule has 1 amide bonds. The summed E-state index contributed by atoms with van der Waals surface area (Å²) in [5.41, 5.74) is 3.99. The van der Waals surface area contributed by atoms with Crippen molar-refractivity contribution in [1.82, 2.24) is 10.3 Å². The summed E-state index contributed by atoms with van der Waals surface area (Å²) in [6, 6.07) is 22.7. The van der Waals surface area contributed by atoms with Gasteiger partial charge < -0.3 is 19.8 Å². The molecular weight excluding hydrogens is 532 g/mol. The maximum atomic E-state index is 12.7. The van der Waals surface area contributed by atoms with Crippen LogP contribution in [0, 0.1) is 22.7 Å². The lowest BCUT2D eigenvalue weighted by molar-refractivity contribution is -0.117. The molecule has 37 heavy (non-hydrogen) atoms.